The molecule has 3 heteroatoms. The summed E-state index contributed by atoms with van der Waals surface area (Å²) in [6.45, 7) is 3.67. The van der Waals surface area contributed by atoms with E-state index < -0.39 is 0 Å². The summed E-state index contributed by atoms with van der Waals surface area (Å²) in [6.07, 6.45) is 1.03. The second kappa shape index (κ2) is 4.53. The van der Waals surface area contributed by atoms with Crippen molar-refractivity contribution in [2.24, 2.45) is 7.05 Å². The number of carbonyl (C=O) groups is 1. The van der Waals surface area contributed by atoms with Crippen molar-refractivity contribution in [2.45, 2.75) is 20.3 Å². The zero-order chi connectivity index (χ0) is 12.4. The molecule has 1 heterocycles. The Morgan fingerprint density at radius 2 is 1.94 bits per heavy atom. The van der Waals surface area contributed by atoms with Gasteiger partial charge in [0.05, 0.1) is 5.69 Å². The van der Waals surface area contributed by atoms with Gasteiger partial charge in [0.2, 0.25) is 0 Å². The third-order valence-electron chi connectivity index (χ3n) is 2.90. The minimum atomic E-state index is -0.00275. The number of hydrogen-bond acceptors (Lipinski definition) is 2. The van der Waals surface area contributed by atoms with Crippen molar-refractivity contribution in [3.05, 3.63) is 41.6 Å². The summed E-state index contributed by atoms with van der Waals surface area (Å²) in [5.41, 5.74) is 3.88. The van der Waals surface area contributed by atoms with E-state index in [1.54, 1.807) is 4.68 Å². The molecule has 3 nitrogen and oxygen atoms in total. The lowest BCUT2D eigenvalue weighted by molar-refractivity contribution is 0.101. The number of hydrogen-bond donors (Lipinski definition) is 0. The van der Waals surface area contributed by atoms with Crippen LogP contribution in [0.5, 0.6) is 0 Å². The standard InChI is InChI=1S/C14H16N2O/c1-4-11-5-7-12(8-6-11)14-9-13(10(2)17)15-16(14)3/h5-9H,4H2,1-3H3. The Hall–Kier alpha value is -1.90. The maximum Gasteiger partial charge on any atom is 0.180 e. The molecule has 0 spiro atoms. The number of nitrogens with zero attached hydrogens (tertiary/aromatic N) is 2. The van der Waals surface area contributed by atoms with E-state index in [2.05, 4.69) is 36.3 Å². The monoisotopic (exact) mass is 228 g/mol. The van der Waals surface area contributed by atoms with Gasteiger partial charge in [-0.25, -0.2) is 0 Å². The van der Waals surface area contributed by atoms with Gasteiger partial charge in [-0.15, -0.1) is 0 Å². The van der Waals surface area contributed by atoms with Crippen molar-refractivity contribution in [3.8, 4) is 11.3 Å². The van der Waals surface area contributed by atoms with E-state index in [1.165, 1.54) is 12.5 Å². The van der Waals surface area contributed by atoms with E-state index >= 15 is 0 Å². The van der Waals surface area contributed by atoms with Gasteiger partial charge in [-0.3, -0.25) is 9.48 Å². The van der Waals surface area contributed by atoms with Gasteiger partial charge in [0.1, 0.15) is 5.69 Å². The highest BCUT2D eigenvalue weighted by Crippen LogP contribution is 2.20. The molecular formula is C14H16N2O. The van der Waals surface area contributed by atoms with E-state index in [0.717, 1.165) is 17.7 Å². The van der Waals surface area contributed by atoms with E-state index in [4.69, 9.17) is 0 Å². The third-order valence-corrected chi connectivity index (χ3v) is 2.90. The Morgan fingerprint density at radius 1 is 1.29 bits per heavy atom. The molecule has 0 fully saturated rings. The zero-order valence-corrected chi connectivity index (χ0v) is 10.4. The molecule has 0 aliphatic carbocycles. The summed E-state index contributed by atoms with van der Waals surface area (Å²) in [5, 5.41) is 4.20. The molecule has 2 rings (SSSR count). The van der Waals surface area contributed by atoms with Gasteiger partial charge in [0, 0.05) is 14.0 Å². The average molecular weight is 228 g/mol. The van der Waals surface area contributed by atoms with Gasteiger partial charge in [-0.1, -0.05) is 31.2 Å². The quantitative estimate of drug-likeness (QED) is 0.757. The van der Waals surface area contributed by atoms with Gasteiger partial charge in [-0.2, -0.15) is 5.10 Å². The molecule has 1 aromatic heterocycles. The minimum Gasteiger partial charge on any atom is -0.293 e. The van der Waals surface area contributed by atoms with Crippen LogP contribution in [0.4, 0.5) is 0 Å². The lowest BCUT2D eigenvalue weighted by Crippen LogP contribution is -1.97. The SMILES string of the molecule is CCc1ccc(-c2cc(C(C)=O)nn2C)cc1. The highest BCUT2D eigenvalue weighted by Gasteiger charge is 2.10. The molecule has 2 aromatic rings. The number of aromatic nitrogens is 2. The molecule has 0 atom stereocenters. The van der Waals surface area contributed by atoms with Crippen molar-refractivity contribution in [2.75, 3.05) is 0 Å². The van der Waals surface area contributed by atoms with Crippen LogP contribution in [-0.2, 0) is 13.5 Å². The smallest absolute Gasteiger partial charge is 0.180 e. The van der Waals surface area contributed by atoms with Crippen molar-refractivity contribution < 1.29 is 4.79 Å². The van der Waals surface area contributed by atoms with Crippen LogP contribution in [0.15, 0.2) is 30.3 Å². The normalized spacial score (nSPS) is 10.5. The molecular weight excluding hydrogens is 212 g/mol. The maximum absolute atomic E-state index is 11.3. The first-order valence-electron chi connectivity index (χ1n) is 5.76. The predicted octanol–water partition coefficient (Wildman–Crippen LogP) is 2.85. The molecule has 0 aliphatic heterocycles. The molecule has 88 valence electrons. The molecule has 0 radical (unpaired) electrons. The summed E-state index contributed by atoms with van der Waals surface area (Å²) in [5.74, 6) is -0.00275. The first kappa shape index (κ1) is 11.6. The van der Waals surface area contributed by atoms with Crippen LogP contribution in [0.3, 0.4) is 0 Å². The number of Topliss-reactive ketones (excluding diaryl/α,β-unsaturated/α-hetero) is 1. The largest absolute Gasteiger partial charge is 0.293 e. The highest BCUT2D eigenvalue weighted by molar-refractivity contribution is 5.93. The van der Waals surface area contributed by atoms with Gasteiger partial charge in [-0.05, 0) is 23.6 Å². The Labute approximate surface area is 101 Å². The van der Waals surface area contributed by atoms with Crippen LogP contribution in [-0.4, -0.2) is 15.6 Å². The fourth-order valence-corrected chi connectivity index (χ4v) is 1.82. The third kappa shape index (κ3) is 2.28. The summed E-state index contributed by atoms with van der Waals surface area (Å²) in [4.78, 5) is 11.3. The van der Waals surface area contributed by atoms with E-state index in [9.17, 15) is 4.79 Å². The first-order valence-corrected chi connectivity index (χ1v) is 5.76. The number of rotatable bonds is 3. The first-order chi connectivity index (χ1) is 8.11. The molecule has 0 saturated carbocycles. The molecule has 0 unspecified atom stereocenters. The van der Waals surface area contributed by atoms with E-state index in [1.807, 2.05) is 13.1 Å². The van der Waals surface area contributed by atoms with Gasteiger partial charge < -0.3 is 0 Å². The minimum absolute atomic E-state index is 0.00275. The summed E-state index contributed by atoms with van der Waals surface area (Å²) in [6, 6.07) is 10.2. The van der Waals surface area contributed by atoms with Crippen molar-refractivity contribution in [1.29, 1.82) is 0 Å². The van der Waals surface area contributed by atoms with Gasteiger partial charge in [0.15, 0.2) is 5.78 Å². The van der Waals surface area contributed by atoms with Crippen LogP contribution >= 0.6 is 0 Å². The summed E-state index contributed by atoms with van der Waals surface area (Å²) < 4.78 is 1.75. The molecule has 0 aliphatic rings. The molecule has 0 amide bonds. The highest BCUT2D eigenvalue weighted by atomic mass is 16.1. The summed E-state index contributed by atoms with van der Waals surface area (Å²) in [7, 11) is 1.86. The van der Waals surface area contributed by atoms with Crippen LogP contribution in [0.2, 0.25) is 0 Å². The van der Waals surface area contributed by atoms with Crippen molar-refractivity contribution >= 4 is 5.78 Å². The molecule has 17 heavy (non-hydrogen) atoms. The Balaban J connectivity index is 2.41. The summed E-state index contributed by atoms with van der Waals surface area (Å²) >= 11 is 0. The number of aryl methyl sites for hydroxylation is 2. The Kier molecular flexibility index (Phi) is 3.09. The van der Waals surface area contributed by atoms with Crippen molar-refractivity contribution in [3.63, 3.8) is 0 Å². The van der Waals surface area contributed by atoms with Gasteiger partial charge >= 0.3 is 0 Å². The second-order valence-electron chi connectivity index (χ2n) is 4.15. The number of carbonyl (C=O) groups excluding carboxylic acids is 1. The molecule has 0 saturated heterocycles. The predicted molar refractivity (Wildman–Crippen MR) is 68.0 cm³/mol. The van der Waals surface area contributed by atoms with Crippen LogP contribution in [0, 0.1) is 0 Å². The lowest BCUT2D eigenvalue weighted by Gasteiger charge is -2.02. The number of ketones is 1. The lowest BCUT2D eigenvalue weighted by atomic mass is 10.1. The molecule has 0 bridgehead atoms. The van der Waals surface area contributed by atoms with Crippen LogP contribution in [0.25, 0.3) is 11.3 Å². The second-order valence-corrected chi connectivity index (χ2v) is 4.15. The maximum atomic E-state index is 11.3. The molecule has 0 N–H and O–H groups in total. The molecule has 1 aromatic carbocycles. The Morgan fingerprint density at radius 3 is 2.41 bits per heavy atom. The van der Waals surface area contributed by atoms with E-state index in [-0.39, 0.29) is 5.78 Å². The zero-order valence-electron chi connectivity index (χ0n) is 10.4. The fourth-order valence-electron chi connectivity index (χ4n) is 1.82. The number of benzene rings is 1. The fraction of sp³-hybridized carbons (Fsp3) is 0.286. The topological polar surface area (TPSA) is 34.9 Å². The van der Waals surface area contributed by atoms with Crippen molar-refractivity contribution in [1.82, 2.24) is 9.78 Å². The van der Waals surface area contributed by atoms with Crippen LogP contribution < -0.4 is 0 Å². The average Bonchev–Trinajstić information content (AvgIpc) is 2.72. The van der Waals surface area contributed by atoms with E-state index in [0.29, 0.717) is 5.69 Å². The Bertz CT molecular complexity index is 538. The van der Waals surface area contributed by atoms with Crippen LogP contribution in [0.1, 0.15) is 29.9 Å². The van der Waals surface area contributed by atoms with Gasteiger partial charge in [0.25, 0.3) is 0 Å².